The molecular formula is C34H35ClFN5O4S. The van der Waals surface area contributed by atoms with Gasteiger partial charge in [0, 0.05) is 41.3 Å². The lowest BCUT2D eigenvalue weighted by molar-refractivity contribution is -0.125. The number of benzene rings is 2. The average Bonchev–Trinajstić information content (AvgIpc) is 3.26. The topological polar surface area (TPSA) is 105 Å². The minimum Gasteiger partial charge on any atom is -0.476 e. The number of fused-ring (bicyclic) bond motifs is 4. The molecule has 9 nitrogen and oxygen atoms in total. The van der Waals surface area contributed by atoms with Gasteiger partial charge in [-0.2, -0.15) is 0 Å². The summed E-state index contributed by atoms with van der Waals surface area (Å²) in [4.78, 5) is 26.3. The van der Waals surface area contributed by atoms with Crippen LogP contribution in [0.25, 0.3) is 22.0 Å². The molecule has 2 aromatic carbocycles. The lowest BCUT2D eigenvalue weighted by atomic mass is 9.64. The van der Waals surface area contributed by atoms with Crippen LogP contribution in [0.15, 0.2) is 59.8 Å². The van der Waals surface area contributed by atoms with Gasteiger partial charge < -0.3 is 14.5 Å². The van der Waals surface area contributed by atoms with Gasteiger partial charge in [0.2, 0.25) is 11.8 Å². The van der Waals surface area contributed by atoms with Gasteiger partial charge in [0.1, 0.15) is 11.5 Å². The summed E-state index contributed by atoms with van der Waals surface area (Å²) < 4.78 is 49.6. The molecular weight excluding hydrogens is 629 g/mol. The van der Waals surface area contributed by atoms with Crippen molar-refractivity contribution in [3.63, 3.8) is 0 Å². The fraction of sp³-hybridized carbons (Fsp3) is 0.382. The molecule has 1 aliphatic carbocycles. The Balaban J connectivity index is 1.24. The number of amides is 1. The SMILES string of the molecule is CN1C(=O)C2(CCC2)c2c1cnc1ccc(-c3cnc(OCCCN4CCCCC4)c(NS(=O)(=O)c4cc(F)cc(Cl)c4)c3)cc21. The fourth-order valence-electron chi connectivity index (χ4n) is 6.98. The van der Waals surface area contributed by atoms with Crippen LogP contribution in [0.3, 0.4) is 0 Å². The number of nitrogens with zero attached hydrogens (tertiary/aromatic N) is 4. The molecule has 1 spiro atoms. The first kappa shape index (κ1) is 30.8. The van der Waals surface area contributed by atoms with Gasteiger partial charge in [-0.15, -0.1) is 0 Å². The third-order valence-electron chi connectivity index (χ3n) is 9.49. The molecule has 240 valence electrons. The molecule has 1 saturated carbocycles. The van der Waals surface area contributed by atoms with Crippen molar-refractivity contribution in [2.45, 2.75) is 55.3 Å². The largest absolute Gasteiger partial charge is 0.476 e. The van der Waals surface area contributed by atoms with E-state index in [-0.39, 0.29) is 27.4 Å². The third kappa shape index (κ3) is 5.58. The number of carbonyl (C=O) groups is 1. The number of likely N-dealkylation sites (tertiary alicyclic amines) is 1. The maximum atomic E-state index is 14.1. The van der Waals surface area contributed by atoms with Crippen molar-refractivity contribution < 1.29 is 22.3 Å². The van der Waals surface area contributed by atoms with Gasteiger partial charge in [-0.25, -0.2) is 17.8 Å². The van der Waals surface area contributed by atoms with Gasteiger partial charge in [-0.3, -0.25) is 14.5 Å². The zero-order chi connectivity index (χ0) is 32.1. The Hall–Kier alpha value is -3.80. The number of sulfonamides is 1. The number of likely N-dealkylation sites (N-methyl/N-ethyl adjacent to an activating group) is 1. The highest BCUT2D eigenvalue weighted by molar-refractivity contribution is 7.92. The lowest BCUT2D eigenvalue weighted by Crippen LogP contribution is -2.43. The number of hydrogen-bond donors (Lipinski definition) is 1. The minimum atomic E-state index is -4.25. The quantitative estimate of drug-likeness (QED) is 0.203. The first-order chi connectivity index (χ1) is 22.1. The smallest absolute Gasteiger partial charge is 0.262 e. The van der Waals surface area contributed by atoms with Crippen LogP contribution in [0.4, 0.5) is 15.8 Å². The number of nitrogens with one attached hydrogen (secondary N) is 1. The zero-order valence-electron chi connectivity index (χ0n) is 25.6. The Morgan fingerprint density at radius 2 is 1.80 bits per heavy atom. The summed E-state index contributed by atoms with van der Waals surface area (Å²) in [6, 6.07) is 10.6. The van der Waals surface area contributed by atoms with Crippen molar-refractivity contribution in [1.82, 2.24) is 14.9 Å². The molecule has 2 aliphatic heterocycles. The van der Waals surface area contributed by atoms with Crippen molar-refractivity contribution in [2.75, 3.05) is 42.9 Å². The Bertz CT molecular complexity index is 1930. The molecule has 2 fully saturated rings. The van der Waals surface area contributed by atoms with Crippen LogP contribution in [0, 0.1) is 5.82 Å². The van der Waals surface area contributed by atoms with E-state index in [1.165, 1.54) is 25.3 Å². The maximum absolute atomic E-state index is 14.1. The Kier molecular flexibility index (Phi) is 8.11. The van der Waals surface area contributed by atoms with Crippen molar-refractivity contribution in [2.24, 2.45) is 0 Å². The second-order valence-corrected chi connectivity index (χ2v) is 14.6. The highest BCUT2D eigenvalue weighted by atomic mass is 35.5. The van der Waals surface area contributed by atoms with Gasteiger partial charge in [0.15, 0.2) is 0 Å². The van der Waals surface area contributed by atoms with Gasteiger partial charge in [-0.1, -0.05) is 30.5 Å². The fourth-order valence-corrected chi connectivity index (χ4v) is 8.37. The van der Waals surface area contributed by atoms with Crippen LogP contribution in [0.5, 0.6) is 5.88 Å². The molecule has 0 atom stereocenters. The van der Waals surface area contributed by atoms with E-state index in [4.69, 9.17) is 16.3 Å². The Morgan fingerprint density at radius 1 is 1.00 bits per heavy atom. The third-order valence-corrected chi connectivity index (χ3v) is 11.1. The second kappa shape index (κ2) is 12.1. The first-order valence-electron chi connectivity index (χ1n) is 15.7. The van der Waals surface area contributed by atoms with Crippen molar-refractivity contribution in [3.05, 3.63) is 71.3 Å². The normalized spacial score (nSPS) is 17.7. The molecule has 3 aliphatic rings. The summed E-state index contributed by atoms with van der Waals surface area (Å²) in [6.45, 7) is 3.38. The maximum Gasteiger partial charge on any atom is 0.262 e. The van der Waals surface area contributed by atoms with Gasteiger partial charge in [0.05, 0.1) is 34.3 Å². The van der Waals surface area contributed by atoms with E-state index in [9.17, 15) is 17.6 Å². The molecule has 0 bridgehead atoms. The number of rotatable bonds is 9. The molecule has 46 heavy (non-hydrogen) atoms. The van der Waals surface area contributed by atoms with Crippen LogP contribution >= 0.6 is 11.6 Å². The number of ether oxygens (including phenoxy) is 1. The van der Waals surface area contributed by atoms with Crippen LogP contribution in [-0.4, -0.2) is 62.5 Å². The monoisotopic (exact) mass is 663 g/mol. The Morgan fingerprint density at radius 3 is 2.54 bits per heavy atom. The number of piperidine rings is 1. The van der Waals surface area contributed by atoms with E-state index in [1.807, 2.05) is 18.2 Å². The predicted octanol–water partition coefficient (Wildman–Crippen LogP) is 6.54. The lowest BCUT2D eigenvalue weighted by Gasteiger charge is -2.37. The standard InChI is InChI=1S/C34H35ClFN5O4S/c1-40-30-21-37-28-8-7-22(15-27(28)31(30)34(33(40)42)9-5-10-34)23-16-29(39-46(43,44)26-18-24(35)17-25(36)19-26)32(38-20-23)45-14-6-13-41-11-3-2-4-12-41/h7-8,15-21,39H,2-6,9-14H2,1H3. The summed E-state index contributed by atoms with van der Waals surface area (Å²) in [6.07, 6.45) is 10.4. The van der Waals surface area contributed by atoms with Crippen molar-refractivity contribution >= 4 is 49.8 Å². The summed E-state index contributed by atoms with van der Waals surface area (Å²) in [7, 11) is -2.45. The molecule has 4 aromatic rings. The molecule has 1 amide bonds. The van der Waals surface area contributed by atoms with Crippen LogP contribution < -0.4 is 14.4 Å². The summed E-state index contributed by atoms with van der Waals surface area (Å²) in [5, 5.41) is 0.856. The average molecular weight is 664 g/mol. The predicted molar refractivity (Wildman–Crippen MR) is 177 cm³/mol. The zero-order valence-corrected chi connectivity index (χ0v) is 27.1. The number of carbonyl (C=O) groups excluding carboxylic acids is 1. The summed E-state index contributed by atoms with van der Waals surface area (Å²) >= 11 is 5.98. The highest BCUT2D eigenvalue weighted by Crippen LogP contribution is 2.55. The van der Waals surface area contributed by atoms with E-state index < -0.39 is 21.3 Å². The summed E-state index contributed by atoms with van der Waals surface area (Å²) in [5.74, 6) is -0.539. The molecule has 1 saturated heterocycles. The van der Waals surface area contributed by atoms with Gasteiger partial charge in [0.25, 0.3) is 10.0 Å². The molecule has 0 radical (unpaired) electrons. The summed E-state index contributed by atoms with van der Waals surface area (Å²) in [5.41, 5.74) is 3.61. The molecule has 7 rings (SSSR count). The highest BCUT2D eigenvalue weighted by Gasteiger charge is 2.54. The molecule has 0 unspecified atom stereocenters. The Labute approximate surface area is 272 Å². The van der Waals surface area contributed by atoms with Crippen LogP contribution in [-0.2, 0) is 20.2 Å². The van der Waals surface area contributed by atoms with E-state index in [0.29, 0.717) is 12.2 Å². The number of hydrogen-bond acceptors (Lipinski definition) is 7. The second-order valence-electron chi connectivity index (χ2n) is 12.4. The number of anilines is 2. The molecule has 12 heteroatoms. The van der Waals surface area contributed by atoms with Crippen molar-refractivity contribution in [3.8, 4) is 17.0 Å². The number of halogens is 2. The number of aromatic nitrogens is 2. The van der Waals surface area contributed by atoms with Crippen molar-refractivity contribution in [1.29, 1.82) is 0 Å². The van der Waals surface area contributed by atoms with E-state index >= 15 is 0 Å². The minimum absolute atomic E-state index is 0.0351. The molecule has 1 N–H and O–H groups in total. The van der Waals surface area contributed by atoms with E-state index in [0.717, 1.165) is 85.2 Å². The molecule has 4 heterocycles. The van der Waals surface area contributed by atoms with Crippen LogP contribution in [0.1, 0.15) is 50.5 Å². The van der Waals surface area contributed by atoms with Gasteiger partial charge in [-0.05, 0) is 87.2 Å². The molecule has 2 aromatic heterocycles. The van der Waals surface area contributed by atoms with Gasteiger partial charge >= 0.3 is 0 Å². The van der Waals surface area contributed by atoms with E-state index in [1.54, 1.807) is 30.4 Å². The van der Waals surface area contributed by atoms with E-state index in [2.05, 4.69) is 19.6 Å². The number of pyridine rings is 2. The van der Waals surface area contributed by atoms with Crippen LogP contribution in [0.2, 0.25) is 5.02 Å². The first-order valence-corrected chi connectivity index (χ1v) is 17.6.